The zero-order chi connectivity index (χ0) is 17.8. The summed E-state index contributed by atoms with van der Waals surface area (Å²) in [5.41, 5.74) is 3.52. The molecule has 1 heterocycles. The summed E-state index contributed by atoms with van der Waals surface area (Å²) in [6, 6.07) is 15.0. The van der Waals surface area contributed by atoms with Crippen LogP contribution in [0.1, 0.15) is 22.3 Å². The van der Waals surface area contributed by atoms with Crippen LogP contribution in [-0.4, -0.2) is 39.1 Å². The second-order valence-electron chi connectivity index (χ2n) is 6.30. The number of aryl methyl sites for hydroxylation is 1. The molecule has 5 nitrogen and oxygen atoms in total. The van der Waals surface area contributed by atoms with Gasteiger partial charge in [-0.1, -0.05) is 18.2 Å². The van der Waals surface area contributed by atoms with E-state index in [9.17, 15) is 9.59 Å². The van der Waals surface area contributed by atoms with Crippen LogP contribution in [0.15, 0.2) is 48.5 Å². The predicted octanol–water partition coefficient (Wildman–Crippen LogP) is 2.89. The number of hydrogen-bond acceptors (Lipinski definition) is 4. The van der Waals surface area contributed by atoms with Crippen molar-refractivity contribution in [3.05, 3.63) is 59.7 Å². The fourth-order valence-electron chi connectivity index (χ4n) is 2.98. The first-order valence-corrected chi connectivity index (χ1v) is 8.39. The maximum atomic E-state index is 12.5. The van der Waals surface area contributed by atoms with Crippen molar-refractivity contribution >= 4 is 23.3 Å². The first kappa shape index (κ1) is 17.0. The Labute approximate surface area is 147 Å². The van der Waals surface area contributed by atoms with Gasteiger partial charge in [0.15, 0.2) is 6.61 Å². The third-order valence-corrected chi connectivity index (χ3v) is 4.36. The highest BCUT2D eigenvalue weighted by atomic mass is 16.5. The topological polar surface area (TPSA) is 49.9 Å². The van der Waals surface area contributed by atoms with Gasteiger partial charge in [0.05, 0.1) is 5.56 Å². The molecule has 1 amide bonds. The molecule has 0 bridgehead atoms. The quantitative estimate of drug-likeness (QED) is 0.805. The Bertz CT molecular complexity index is 769. The van der Waals surface area contributed by atoms with Gasteiger partial charge in [0.1, 0.15) is 0 Å². The minimum atomic E-state index is -0.482. The normalized spacial score (nSPS) is 13.1. The summed E-state index contributed by atoms with van der Waals surface area (Å²) in [6.45, 7) is 0.410. The fourth-order valence-corrected chi connectivity index (χ4v) is 2.98. The largest absolute Gasteiger partial charge is 0.452 e. The molecule has 0 aliphatic carbocycles. The number of para-hydroxylation sites is 1. The molecule has 130 valence electrons. The number of carbonyl (C=O) groups excluding carboxylic acids is 2. The summed E-state index contributed by atoms with van der Waals surface area (Å²) in [4.78, 5) is 28.3. The number of rotatable bonds is 4. The zero-order valence-electron chi connectivity index (χ0n) is 14.6. The van der Waals surface area contributed by atoms with E-state index in [2.05, 4.69) is 0 Å². The number of amides is 1. The van der Waals surface area contributed by atoms with Crippen molar-refractivity contribution in [1.29, 1.82) is 0 Å². The smallest absolute Gasteiger partial charge is 0.338 e. The Morgan fingerprint density at radius 2 is 1.80 bits per heavy atom. The van der Waals surface area contributed by atoms with Crippen molar-refractivity contribution in [3.63, 3.8) is 0 Å². The van der Waals surface area contributed by atoms with Crippen LogP contribution in [0, 0.1) is 0 Å². The van der Waals surface area contributed by atoms with Crippen molar-refractivity contribution in [2.24, 2.45) is 0 Å². The zero-order valence-corrected chi connectivity index (χ0v) is 14.6. The molecule has 3 rings (SSSR count). The number of fused-ring (bicyclic) bond motifs is 1. The Hall–Kier alpha value is -2.82. The van der Waals surface area contributed by atoms with E-state index in [0.717, 1.165) is 29.8 Å². The molecule has 0 atom stereocenters. The van der Waals surface area contributed by atoms with E-state index in [1.165, 1.54) is 0 Å². The number of ether oxygens (including phenoxy) is 1. The van der Waals surface area contributed by atoms with E-state index in [4.69, 9.17) is 4.74 Å². The second kappa shape index (κ2) is 7.38. The number of nitrogens with zero attached hydrogens (tertiary/aromatic N) is 2. The number of benzene rings is 2. The maximum absolute atomic E-state index is 12.5. The molecular formula is C20H22N2O3. The summed E-state index contributed by atoms with van der Waals surface area (Å²) < 4.78 is 5.21. The van der Waals surface area contributed by atoms with Gasteiger partial charge in [-0.15, -0.1) is 0 Å². The van der Waals surface area contributed by atoms with Gasteiger partial charge in [-0.05, 0) is 48.7 Å². The van der Waals surface area contributed by atoms with Crippen molar-refractivity contribution in [2.45, 2.75) is 12.8 Å². The molecule has 2 aromatic carbocycles. The van der Waals surface area contributed by atoms with Gasteiger partial charge in [-0.3, -0.25) is 4.79 Å². The monoisotopic (exact) mass is 338 g/mol. The highest BCUT2D eigenvalue weighted by Crippen LogP contribution is 2.26. The van der Waals surface area contributed by atoms with Crippen LogP contribution in [-0.2, 0) is 16.0 Å². The molecule has 1 aliphatic rings. The summed E-state index contributed by atoms with van der Waals surface area (Å²) >= 11 is 0. The number of hydrogen-bond donors (Lipinski definition) is 0. The van der Waals surface area contributed by atoms with E-state index < -0.39 is 5.97 Å². The maximum Gasteiger partial charge on any atom is 0.338 e. The standard InChI is InChI=1S/C20H22N2O3/c1-21(2)17-11-9-16(10-12-17)20(24)25-14-19(23)22-13-5-7-15-6-3-4-8-18(15)22/h3-4,6,8-12H,5,7,13-14H2,1-2H3. The lowest BCUT2D eigenvalue weighted by Crippen LogP contribution is -2.38. The third kappa shape index (κ3) is 3.82. The molecule has 0 aromatic heterocycles. The molecule has 0 radical (unpaired) electrons. The van der Waals surface area contributed by atoms with Gasteiger partial charge in [0.2, 0.25) is 0 Å². The summed E-state index contributed by atoms with van der Waals surface area (Å²) in [5.74, 6) is -0.672. The molecule has 0 fully saturated rings. The van der Waals surface area contributed by atoms with Gasteiger partial charge in [-0.25, -0.2) is 4.79 Å². The molecule has 25 heavy (non-hydrogen) atoms. The molecular weight excluding hydrogens is 316 g/mol. The van der Waals surface area contributed by atoms with Crippen LogP contribution >= 0.6 is 0 Å². The number of anilines is 2. The molecule has 0 saturated carbocycles. The number of esters is 1. The van der Waals surface area contributed by atoms with Crippen molar-refractivity contribution in [3.8, 4) is 0 Å². The van der Waals surface area contributed by atoms with Crippen LogP contribution in [0.4, 0.5) is 11.4 Å². The van der Waals surface area contributed by atoms with Crippen LogP contribution < -0.4 is 9.80 Å². The average molecular weight is 338 g/mol. The molecule has 0 saturated heterocycles. The average Bonchev–Trinajstić information content (AvgIpc) is 2.65. The van der Waals surface area contributed by atoms with E-state index in [0.29, 0.717) is 12.1 Å². The Balaban J connectivity index is 1.62. The third-order valence-electron chi connectivity index (χ3n) is 4.36. The lowest BCUT2D eigenvalue weighted by Gasteiger charge is -2.29. The molecule has 0 unspecified atom stereocenters. The van der Waals surface area contributed by atoms with Crippen molar-refractivity contribution < 1.29 is 14.3 Å². The van der Waals surface area contributed by atoms with Crippen LogP contribution in [0.25, 0.3) is 0 Å². The summed E-state index contributed by atoms with van der Waals surface area (Å²) in [7, 11) is 3.87. The van der Waals surface area contributed by atoms with Crippen LogP contribution in [0.2, 0.25) is 0 Å². The Kier molecular flexibility index (Phi) is 5.03. The van der Waals surface area contributed by atoms with E-state index in [1.807, 2.05) is 55.4 Å². The number of carbonyl (C=O) groups is 2. The predicted molar refractivity (Wildman–Crippen MR) is 98.2 cm³/mol. The molecule has 1 aliphatic heterocycles. The van der Waals surface area contributed by atoms with Gasteiger partial charge >= 0.3 is 5.97 Å². The van der Waals surface area contributed by atoms with E-state index in [1.54, 1.807) is 17.0 Å². The first-order chi connectivity index (χ1) is 12.1. The van der Waals surface area contributed by atoms with Crippen LogP contribution in [0.5, 0.6) is 0 Å². The Morgan fingerprint density at radius 1 is 1.08 bits per heavy atom. The molecule has 2 aromatic rings. The highest BCUT2D eigenvalue weighted by molar-refractivity contribution is 5.98. The SMILES string of the molecule is CN(C)c1ccc(C(=O)OCC(=O)N2CCCc3ccccc32)cc1. The molecule has 5 heteroatoms. The minimum absolute atomic E-state index is 0.189. The minimum Gasteiger partial charge on any atom is -0.452 e. The summed E-state index contributed by atoms with van der Waals surface area (Å²) in [5, 5.41) is 0. The molecule has 0 spiro atoms. The van der Waals surface area contributed by atoms with Gasteiger partial charge in [0, 0.05) is 32.0 Å². The lowest BCUT2D eigenvalue weighted by atomic mass is 10.0. The van der Waals surface area contributed by atoms with E-state index >= 15 is 0 Å². The lowest BCUT2D eigenvalue weighted by molar-refractivity contribution is -0.121. The summed E-state index contributed by atoms with van der Waals surface area (Å²) in [6.07, 6.45) is 1.89. The van der Waals surface area contributed by atoms with Gasteiger partial charge in [-0.2, -0.15) is 0 Å². The fraction of sp³-hybridized carbons (Fsp3) is 0.300. The first-order valence-electron chi connectivity index (χ1n) is 8.39. The van der Waals surface area contributed by atoms with E-state index in [-0.39, 0.29) is 12.5 Å². The second-order valence-corrected chi connectivity index (χ2v) is 6.30. The van der Waals surface area contributed by atoms with Crippen molar-refractivity contribution in [2.75, 3.05) is 37.0 Å². The highest BCUT2D eigenvalue weighted by Gasteiger charge is 2.23. The Morgan fingerprint density at radius 3 is 2.52 bits per heavy atom. The van der Waals surface area contributed by atoms with Crippen molar-refractivity contribution in [1.82, 2.24) is 0 Å². The van der Waals surface area contributed by atoms with Gasteiger partial charge in [0.25, 0.3) is 5.91 Å². The molecule has 0 N–H and O–H groups in total. The van der Waals surface area contributed by atoms with Gasteiger partial charge < -0.3 is 14.5 Å². The van der Waals surface area contributed by atoms with Crippen LogP contribution in [0.3, 0.4) is 0 Å².